The SMILES string of the molecule is CCN1CCC(CN)(N(C)Cc2ccc(C)o2)CC1. The maximum Gasteiger partial charge on any atom is 0.118 e. The van der Waals surface area contributed by atoms with Crippen LogP contribution in [-0.2, 0) is 6.54 Å². The van der Waals surface area contributed by atoms with Crippen molar-refractivity contribution in [3.8, 4) is 0 Å². The zero-order valence-electron chi connectivity index (χ0n) is 12.5. The summed E-state index contributed by atoms with van der Waals surface area (Å²) in [5.74, 6) is 2.01. The van der Waals surface area contributed by atoms with Gasteiger partial charge in [0.2, 0.25) is 0 Å². The van der Waals surface area contributed by atoms with Crippen LogP contribution >= 0.6 is 0 Å². The molecule has 0 saturated carbocycles. The molecule has 0 aliphatic carbocycles. The Morgan fingerprint density at radius 3 is 2.53 bits per heavy atom. The van der Waals surface area contributed by atoms with Crippen LogP contribution in [0, 0.1) is 6.92 Å². The minimum absolute atomic E-state index is 0.131. The van der Waals surface area contributed by atoms with E-state index < -0.39 is 0 Å². The molecule has 2 rings (SSSR count). The van der Waals surface area contributed by atoms with Crippen LogP contribution in [0.1, 0.15) is 31.3 Å². The maximum absolute atomic E-state index is 6.09. The van der Waals surface area contributed by atoms with Crippen LogP contribution in [0.3, 0.4) is 0 Å². The first-order chi connectivity index (χ1) is 9.09. The van der Waals surface area contributed by atoms with Crippen molar-refractivity contribution in [2.45, 2.75) is 38.8 Å². The highest BCUT2D eigenvalue weighted by atomic mass is 16.3. The van der Waals surface area contributed by atoms with Crippen LogP contribution in [0.5, 0.6) is 0 Å². The summed E-state index contributed by atoms with van der Waals surface area (Å²) in [5, 5.41) is 0. The molecule has 0 spiro atoms. The molecule has 2 heterocycles. The first-order valence-electron chi connectivity index (χ1n) is 7.28. The van der Waals surface area contributed by atoms with E-state index in [1.165, 1.54) is 0 Å². The van der Waals surface area contributed by atoms with Gasteiger partial charge in [0.25, 0.3) is 0 Å². The zero-order valence-corrected chi connectivity index (χ0v) is 12.5. The normalized spacial score (nSPS) is 20.1. The largest absolute Gasteiger partial charge is 0.465 e. The summed E-state index contributed by atoms with van der Waals surface area (Å²) >= 11 is 0. The quantitative estimate of drug-likeness (QED) is 0.882. The van der Waals surface area contributed by atoms with Crippen molar-refractivity contribution in [3.63, 3.8) is 0 Å². The Morgan fingerprint density at radius 1 is 1.37 bits per heavy atom. The second kappa shape index (κ2) is 6.07. The Morgan fingerprint density at radius 2 is 2.05 bits per heavy atom. The molecule has 2 N–H and O–H groups in total. The van der Waals surface area contributed by atoms with Crippen molar-refractivity contribution in [1.29, 1.82) is 0 Å². The number of nitrogens with zero attached hydrogens (tertiary/aromatic N) is 2. The van der Waals surface area contributed by atoms with Crippen molar-refractivity contribution in [1.82, 2.24) is 9.80 Å². The third-order valence-electron chi connectivity index (χ3n) is 4.61. The number of hydrogen-bond donors (Lipinski definition) is 1. The van der Waals surface area contributed by atoms with Crippen molar-refractivity contribution in [2.24, 2.45) is 5.73 Å². The van der Waals surface area contributed by atoms with Gasteiger partial charge in [-0.2, -0.15) is 0 Å². The van der Waals surface area contributed by atoms with Crippen molar-refractivity contribution >= 4 is 0 Å². The Bertz CT molecular complexity index is 394. The van der Waals surface area contributed by atoms with Crippen LogP contribution < -0.4 is 5.73 Å². The van der Waals surface area contributed by atoms with Gasteiger partial charge in [0.15, 0.2) is 0 Å². The highest BCUT2D eigenvalue weighted by Gasteiger charge is 2.36. The summed E-state index contributed by atoms with van der Waals surface area (Å²) in [5.41, 5.74) is 6.23. The van der Waals surface area contributed by atoms with Gasteiger partial charge in [0.05, 0.1) is 6.54 Å². The van der Waals surface area contributed by atoms with Crippen LogP contribution in [0.2, 0.25) is 0 Å². The number of rotatable bonds is 5. The van der Waals surface area contributed by atoms with E-state index in [4.69, 9.17) is 10.2 Å². The molecule has 19 heavy (non-hydrogen) atoms. The van der Waals surface area contributed by atoms with Gasteiger partial charge in [-0.25, -0.2) is 0 Å². The molecule has 0 aromatic carbocycles. The molecule has 4 nitrogen and oxygen atoms in total. The lowest BCUT2D eigenvalue weighted by atomic mass is 9.86. The summed E-state index contributed by atoms with van der Waals surface area (Å²) < 4.78 is 5.68. The molecule has 1 saturated heterocycles. The molecule has 4 heteroatoms. The molecule has 0 atom stereocenters. The average molecular weight is 265 g/mol. The molecule has 1 aromatic rings. The first kappa shape index (κ1) is 14.6. The van der Waals surface area contributed by atoms with Gasteiger partial charge in [0, 0.05) is 12.1 Å². The topological polar surface area (TPSA) is 45.6 Å². The summed E-state index contributed by atoms with van der Waals surface area (Å²) in [6.45, 7) is 9.22. The van der Waals surface area contributed by atoms with E-state index >= 15 is 0 Å². The second-order valence-electron chi connectivity index (χ2n) is 5.73. The van der Waals surface area contributed by atoms with Crippen molar-refractivity contribution in [2.75, 3.05) is 33.2 Å². The summed E-state index contributed by atoms with van der Waals surface area (Å²) in [6.07, 6.45) is 2.29. The Hall–Kier alpha value is -0.840. The number of aryl methyl sites for hydroxylation is 1. The van der Waals surface area contributed by atoms with E-state index in [9.17, 15) is 0 Å². The van der Waals surface area contributed by atoms with Crippen LogP contribution in [0.4, 0.5) is 0 Å². The van der Waals surface area contributed by atoms with Crippen LogP contribution in [0.15, 0.2) is 16.5 Å². The van der Waals surface area contributed by atoms with Gasteiger partial charge in [-0.05, 0) is 58.6 Å². The minimum atomic E-state index is 0.131. The highest BCUT2D eigenvalue weighted by molar-refractivity contribution is 5.07. The number of furan rings is 1. The Kier molecular flexibility index (Phi) is 4.66. The lowest BCUT2D eigenvalue weighted by Gasteiger charge is -2.46. The number of hydrogen-bond acceptors (Lipinski definition) is 4. The number of likely N-dealkylation sites (N-methyl/N-ethyl adjacent to an activating group) is 1. The number of likely N-dealkylation sites (tertiary alicyclic amines) is 1. The molecular formula is C15H27N3O. The lowest BCUT2D eigenvalue weighted by molar-refractivity contribution is 0.0375. The van der Waals surface area contributed by atoms with Gasteiger partial charge in [-0.1, -0.05) is 6.92 Å². The van der Waals surface area contributed by atoms with Gasteiger partial charge in [-0.3, -0.25) is 4.90 Å². The van der Waals surface area contributed by atoms with Gasteiger partial charge in [0.1, 0.15) is 11.5 Å². The maximum atomic E-state index is 6.09. The van der Waals surface area contributed by atoms with Crippen molar-refractivity contribution in [3.05, 3.63) is 23.7 Å². The number of nitrogens with two attached hydrogens (primary N) is 1. The van der Waals surface area contributed by atoms with E-state index in [1.807, 2.05) is 13.0 Å². The lowest BCUT2D eigenvalue weighted by Crippen LogP contribution is -2.57. The highest BCUT2D eigenvalue weighted by Crippen LogP contribution is 2.28. The Balaban J connectivity index is 2.00. The predicted octanol–water partition coefficient (Wildman–Crippen LogP) is 1.83. The van der Waals surface area contributed by atoms with Crippen molar-refractivity contribution < 1.29 is 4.42 Å². The first-order valence-corrected chi connectivity index (χ1v) is 7.28. The fraction of sp³-hybridized carbons (Fsp3) is 0.733. The standard InChI is InChI=1S/C15H27N3O/c1-4-18-9-7-15(12-16,8-10-18)17(3)11-14-6-5-13(2)19-14/h5-6H,4,7-12,16H2,1-3H3. The minimum Gasteiger partial charge on any atom is -0.465 e. The van der Waals surface area contributed by atoms with Gasteiger partial charge in [-0.15, -0.1) is 0 Å². The molecule has 0 unspecified atom stereocenters. The second-order valence-corrected chi connectivity index (χ2v) is 5.73. The molecule has 0 amide bonds. The molecule has 1 fully saturated rings. The monoisotopic (exact) mass is 265 g/mol. The van der Waals surface area contributed by atoms with Crippen LogP contribution in [0.25, 0.3) is 0 Å². The van der Waals surface area contributed by atoms with E-state index in [0.29, 0.717) is 0 Å². The third-order valence-corrected chi connectivity index (χ3v) is 4.61. The zero-order chi connectivity index (χ0) is 13.9. The van der Waals surface area contributed by atoms with E-state index in [1.54, 1.807) is 0 Å². The summed E-state index contributed by atoms with van der Waals surface area (Å²) in [6, 6.07) is 4.09. The number of piperidine rings is 1. The molecule has 1 aliphatic rings. The van der Waals surface area contributed by atoms with Gasteiger partial charge >= 0.3 is 0 Å². The van der Waals surface area contributed by atoms with E-state index in [-0.39, 0.29) is 5.54 Å². The Labute approximate surface area is 116 Å². The smallest absolute Gasteiger partial charge is 0.118 e. The van der Waals surface area contributed by atoms with E-state index in [0.717, 1.165) is 57.1 Å². The molecule has 1 aliphatic heterocycles. The van der Waals surface area contributed by atoms with Gasteiger partial charge < -0.3 is 15.1 Å². The molecule has 1 aromatic heterocycles. The summed E-state index contributed by atoms with van der Waals surface area (Å²) in [4.78, 5) is 4.89. The average Bonchev–Trinajstić information content (AvgIpc) is 2.84. The fourth-order valence-electron chi connectivity index (χ4n) is 3.00. The third kappa shape index (κ3) is 3.19. The molecule has 108 valence electrons. The van der Waals surface area contributed by atoms with Crippen LogP contribution in [-0.4, -0.2) is 48.6 Å². The fourth-order valence-corrected chi connectivity index (χ4v) is 3.00. The molecule has 0 radical (unpaired) electrons. The van der Waals surface area contributed by atoms with E-state index in [2.05, 4.69) is 29.8 Å². The summed E-state index contributed by atoms with van der Waals surface area (Å²) in [7, 11) is 2.17. The predicted molar refractivity (Wildman–Crippen MR) is 78.0 cm³/mol. The molecule has 0 bridgehead atoms. The molecular weight excluding hydrogens is 238 g/mol.